The van der Waals surface area contributed by atoms with Gasteiger partial charge in [0.05, 0.1) is 0 Å². The van der Waals surface area contributed by atoms with E-state index >= 15 is 0 Å². The fourth-order valence-corrected chi connectivity index (χ4v) is 5.00. The Morgan fingerprint density at radius 3 is 2.35 bits per heavy atom. The van der Waals surface area contributed by atoms with Gasteiger partial charge >= 0.3 is 0 Å². The highest BCUT2D eigenvalue weighted by atomic mass is 35.5. The summed E-state index contributed by atoms with van der Waals surface area (Å²) in [5, 5.41) is 8.07. The largest absolute Gasteiger partial charge is 0.372 e. The molecule has 0 bridgehead atoms. The van der Waals surface area contributed by atoms with Crippen LogP contribution in [0.5, 0.6) is 0 Å². The first kappa shape index (κ1) is 24.0. The van der Waals surface area contributed by atoms with E-state index in [0.717, 1.165) is 23.5 Å². The number of thioether (sulfide) groups is 1. The molecule has 0 radical (unpaired) electrons. The zero-order valence-corrected chi connectivity index (χ0v) is 20.2. The lowest BCUT2D eigenvalue weighted by atomic mass is 10.0. The number of carbonyl (C=O) groups excluding carboxylic acids is 1. The second-order valence-corrected chi connectivity index (χ2v) is 9.48. The number of benzene rings is 3. The molecule has 5 rings (SSSR count). The number of amides is 1. The maximum absolute atomic E-state index is 8.58. The summed E-state index contributed by atoms with van der Waals surface area (Å²) in [7, 11) is 0. The lowest BCUT2D eigenvalue weighted by Gasteiger charge is -2.26. The van der Waals surface area contributed by atoms with Crippen molar-refractivity contribution in [3.05, 3.63) is 83.4 Å². The number of halogens is 1. The van der Waals surface area contributed by atoms with Crippen molar-refractivity contribution < 1.29 is 4.79 Å². The first-order chi connectivity index (χ1) is 16.7. The normalized spacial score (nSPS) is 13.7. The Morgan fingerprint density at radius 1 is 0.941 bits per heavy atom. The van der Waals surface area contributed by atoms with Crippen LogP contribution in [0.15, 0.2) is 72.8 Å². The number of hydrogen-bond donors (Lipinski definition) is 2. The molecule has 0 spiro atoms. The van der Waals surface area contributed by atoms with Crippen LogP contribution in [0.3, 0.4) is 0 Å². The predicted octanol–water partition coefficient (Wildman–Crippen LogP) is 5.11. The summed E-state index contributed by atoms with van der Waals surface area (Å²) in [5.74, 6) is 3.87. The molecule has 1 amide bonds. The van der Waals surface area contributed by atoms with Crippen LogP contribution in [-0.4, -0.2) is 51.1 Å². The number of aromatic nitrogens is 3. The van der Waals surface area contributed by atoms with Crippen molar-refractivity contribution >= 4 is 29.8 Å². The van der Waals surface area contributed by atoms with Gasteiger partial charge in [0.1, 0.15) is 0 Å². The van der Waals surface area contributed by atoms with E-state index in [0.29, 0.717) is 10.8 Å². The molecule has 34 heavy (non-hydrogen) atoms. The average molecular weight is 492 g/mol. The van der Waals surface area contributed by atoms with E-state index in [9.17, 15) is 0 Å². The van der Waals surface area contributed by atoms with Gasteiger partial charge in [0.15, 0.2) is 11.6 Å². The molecule has 0 unspecified atom stereocenters. The molecule has 1 aromatic heterocycles. The van der Waals surface area contributed by atoms with E-state index in [4.69, 9.17) is 16.4 Å². The Labute approximate surface area is 208 Å². The summed E-state index contributed by atoms with van der Waals surface area (Å²) in [4.78, 5) is 15.8. The van der Waals surface area contributed by atoms with Gasteiger partial charge < -0.3 is 5.73 Å². The van der Waals surface area contributed by atoms with Crippen molar-refractivity contribution in [2.24, 2.45) is 5.73 Å². The number of carbonyl (C=O) groups is 1. The van der Waals surface area contributed by atoms with E-state index in [1.165, 1.54) is 41.3 Å². The Morgan fingerprint density at radius 2 is 1.62 bits per heavy atom. The van der Waals surface area contributed by atoms with E-state index < -0.39 is 0 Å². The molecule has 0 aliphatic carbocycles. The third-order valence-corrected chi connectivity index (χ3v) is 6.67. The summed E-state index contributed by atoms with van der Waals surface area (Å²) in [6, 6.07) is 24.9. The molecule has 1 saturated heterocycles. The smallest absolute Gasteiger partial charge is 0.204 e. The maximum Gasteiger partial charge on any atom is 0.204 e. The van der Waals surface area contributed by atoms with Gasteiger partial charge in [0, 0.05) is 47.3 Å². The van der Waals surface area contributed by atoms with Gasteiger partial charge in [0.2, 0.25) is 6.41 Å². The van der Waals surface area contributed by atoms with Gasteiger partial charge in [-0.2, -0.15) is 16.9 Å². The number of rotatable bonds is 5. The number of H-pyrrole nitrogens is 1. The number of nitrogens with one attached hydrogen (secondary N) is 1. The van der Waals surface area contributed by atoms with Gasteiger partial charge in [-0.05, 0) is 34.9 Å². The number of nitrogens with two attached hydrogens (primary N) is 1. The van der Waals surface area contributed by atoms with Crippen LogP contribution >= 0.6 is 23.4 Å². The maximum atomic E-state index is 8.58. The van der Waals surface area contributed by atoms with Crippen LogP contribution in [0.25, 0.3) is 33.9 Å². The SMILES string of the molecule is Clc1cccc(-c2n[nH]c(-c3ccc(-c4cccc(CN5CCSCC5)c4)cc3)n2)c1.NC=O. The molecule has 1 fully saturated rings. The first-order valence-electron chi connectivity index (χ1n) is 11.0. The van der Waals surface area contributed by atoms with Crippen LogP contribution in [0.4, 0.5) is 0 Å². The second kappa shape index (κ2) is 11.8. The number of nitrogens with zero attached hydrogens (tertiary/aromatic N) is 3. The Kier molecular flexibility index (Phi) is 8.36. The summed E-state index contributed by atoms with van der Waals surface area (Å²) in [5.41, 5.74) is 9.89. The highest BCUT2D eigenvalue weighted by Gasteiger charge is 2.12. The molecule has 1 aliphatic rings. The van der Waals surface area contributed by atoms with Crippen LogP contribution in [0.2, 0.25) is 5.02 Å². The number of aromatic amines is 1. The molecule has 174 valence electrons. The van der Waals surface area contributed by atoms with Gasteiger partial charge in [-0.3, -0.25) is 14.8 Å². The van der Waals surface area contributed by atoms with Crippen LogP contribution in [-0.2, 0) is 11.3 Å². The van der Waals surface area contributed by atoms with E-state index in [1.807, 2.05) is 36.0 Å². The lowest BCUT2D eigenvalue weighted by molar-refractivity contribution is -0.106. The van der Waals surface area contributed by atoms with Crippen molar-refractivity contribution in [3.63, 3.8) is 0 Å². The molecule has 2 heterocycles. The molecular formula is C26H26ClN5OS. The number of primary amides is 1. The third-order valence-electron chi connectivity index (χ3n) is 5.50. The Hall–Kier alpha value is -3.13. The molecular weight excluding hydrogens is 466 g/mol. The first-order valence-corrected chi connectivity index (χ1v) is 12.5. The summed E-state index contributed by atoms with van der Waals surface area (Å²) in [6.07, 6.45) is 0.250. The molecule has 1 aliphatic heterocycles. The monoisotopic (exact) mass is 491 g/mol. The molecule has 3 N–H and O–H groups in total. The van der Waals surface area contributed by atoms with Gasteiger partial charge in [-0.15, -0.1) is 0 Å². The van der Waals surface area contributed by atoms with Gasteiger partial charge in [0.25, 0.3) is 0 Å². The van der Waals surface area contributed by atoms with Crippen molar-refractivity contribution in [1.82, 2.24) is 20.1 Å². The molecule has 8 heteroatoms. The zero-order chi connectivity index (χ0) is 23.8. The van der Waals surface area contributed by atoms with Crippen LogP contribution in [0, 0.1) is 0 Å². The average Bonchev–Trinajstić information content (AvgIpc) is 3.36. The van der Waals surface area contributed by atoms with Crippen molar-refractivity contribution in [3.8, 4) is 33.9 Å². The third kappa shape index (κ3) is 6.26. The molecule has 4 aromatic rings. The Balaban J connectivity index is 0.000000868. The Bertz CT molecular complexity index is 1220. The topological polar surface area (TPSA) is 87.9 Å². The molecule has 0 atom stereocenters. The van der Waals surface area contributed by atoms with E-state index in [-0.39, 0.29) is 6.41 Å². The van der Waals surface area contributed by atoms with Gasteiger partial charge in [-0.1, -0.05) is 66.2 Å². The van der Waals surface area contributed by atoms with E-state index in [2.05, 4.69) is 74.3 Å². The van der Waals surface area contributed by atoms with Crippen LogP contribution < -0.4 is 5.73 Å². The fraction of sp³-hybridized carbons (Fsp3) is 0.192. The van der Waals surface area contributed by atoms with E-state index in [1.54, 1.807) is 0 Å². The van der Waals surface area contributed by atoms with Gasteiger partial charge in [-0.25, -0.2) is 4.98 Å². The highest BCUT2D eigenvalue weighted by molar-refractivity contribution is 7.99. The van der Waals surface area contributed by atoms with Crippen molar-refractivity contribution in [2.75, 3.05) is 24.6 Å². The highest BCUT2D eigenvalue weighted by Crippen LogP contribution is 2.26. The summed E-state index contributed by atoms with van der Waals surface area (Å²) >= 11 is 8.14. The fourth-order valence-electron chi connectivity index (χ4n) is 3.83. The minimum atomic E-state index is 0.250. The number of hydrogen-bond acceptors (Lipinski definition) is 5. The summed E-state index contributed by atoms with van der Waals surface area (Å²) in [6.45, 7) is 3.38. The van der Waals surface area contributed by atoms with Crippen molar-refractivity contribution in [2.45, 2.75) is 6.54 Å². The standard InChI is InChI=1S/C25H23ClN4S.CH3NO/c26-23-6-2-5-22(16-23)25-27-24(28-29-25)20-9-7-19(8-10-20)21-4-1-3-18(15-21)17-30-11-13-31-14-12-30;2-1-3/h1-10,15-16H,11-14,17H2,(H,27,28,29);1H,(H2,2,3). The summed E-state index contributed by atoms with van der Waals surface area (Å²) < 4.78 is 0. The minimum absolute atomic E-state index is 0.250. The minimum Gasteiger partial charge on any atom is -0.372 e. The molecule has 3 aromatic carbocycles. The molecule has 0 saturated carbocycles. The zero-order valence-electron chi connectivity index (χ0n) is 18.7. The molecule has 6 nitrogen and oxygen atoms in total. The predicted molar refractivity (Wildman–Crippen MR) is 141 cm³/mol. The van der Waals surface area contributed by atoms with Crippen molar-refractivity contribution in [1.29, 1.82) is 0 Å². The quantitative estimate of drug-likeness (QED) is 0.379. The second-order valence-electron chi connectivity index (χ2n) is 7.82. The lowest BCUT2D eigenvalue weighted by Crippen LogP contribution is -2.31. The van der Waals surface area contributed by atoms with Crippen LogP contribution in [0.1, 0.15) is 5.56 Å².